The maximum Gasteiger partial charge on any atom is 0.294 e. The topological polar surface area (TPSA) is 13.7 Å². The Morgan fingerprint density at radius 3 is 1.97 bits per heavy atom. The van der Waals surface area contributed by atoms with Crippen molar-refractivity contribution in [3.63, 3.8) is 0 Å². The van der Waals surface area contributed by atoms with E-state index in [1.807, 2.05) is 0 Å². The molecule has 0 bridgehead atoms. The summed E-state index contributed by atoms with van der Waals surface area (Å²) in [4.78, 5) is 0. The fraction of sp³-hybridized carbons (Fsp3) is 0.0645. The molecule has 3 nitrogen and oxygen atoms in total. The SMILES string of the molecule is Cc1c2ccccc2cn1-c1c2cc(-n3c4ccccc4c4ccccc43)ccc2cc[n+]1C. The van der Waals surface area contributed by atoms with Gasteiger partial charge in [0.2, 0.25) is 0 Å². The molecule has 3 heteroatoms. The van der Waals surface area contributed by atoms with Crippen molar-refractivity contribution >= 4 is 43.4 Å². The van der Waals surface area contributed by atoms with Gasteiger partial charge in [0.1, 0.15) is 11.9 Å². The fourth-order valence-electron chi connectivity index (χ4n) is 5.50. The monoisotopic (exact) mass is 438 g/mol. The van der Waals surface area contributed by atoms with Gasteiger partial charge in [0.05, 0.1) is 29.7 Å². The molecule has 0 fully saturated rings. The molecule has 0 aliphatic rings. The third-order valence-corrected chi connectivity index (χ3v) is 7.14. The molecule has 0 amide bonds. The molecule has 7 aromatic rings. The van der Waals surface area contributed by atoms with E-state index >= 15 is 0 Å². The second-order valence-electron chi connectivity index (χ2n) is 9.06. The van der Waals surface area contributed by atoms with Gasteiger partial charge in [-0.15, -0.1) is 0 Å². The summed E-state index contributed by atoms with van der Waals surface area (Å²) in [6.07, 6.45) is 4.41. The van der Waals surface area contributed by atoms with E-state index in [0.29, 0.717) is 0 Å². The minimum atomic E-state index is 1.17. The zero-order valence-corrected chi connectivity index (χ0v) is 19.2. The lowest BCUT2D eigenvalue weighted by Gasteiger charge is -2.12. The Kier molecular flexibility index (Phi) is 3.97. The Bertz CT molecular complexity index is 1830. The first kappa shape index (κ1) is 19.1. The molecule has 0 saturated heterocycles. The molecular formula is C31H24N3+. The summed E-state index contributed by atoms with van der Waals surface area (Å²) in [5.74, 6) is 1.17. The highest BCUT2D eigenvalue weighted by atomic mass is 15.1. The summed E-state index contributed by atoms with van der Waals surface area (Å²) in [7, 11) is 2.13. The normalized spacial score (nSPS) is 11.8. The molecule has 0 spiro atoms. The molecule has 7 rings (SSSR count). The quantitative estimate of drug-likeness (QED) is 0.258. The minimum absolute atomic E-state index is 1.17. The van der Waals surface area contributed by atoms with Crippen molar-refractivity contribution < 1.29 is 4.57 Å². The van der Waals surface area contributed by atoms with Gasteiger partial charge in [-0.3, -0.25) is 0 Å². The van der Waals surface area contributed by atoms with Crippen molar-refractivity contribution in [2.75, 3.05) is 0 Å². The van der Waals surface area contributed by atoms with Crippen molar-refractivity contribution in [3.05, 3.63) is 115 Å². The van der Waals surface area contributed by atoms with Gasteiger partial charge in [-0.2, -0.15) is 0 Å². The second kappa shape index (κ2) is 7.06. The number of fused-ring (bicyclic) bond motifs is 5. The van der Waals surface area contributed by atoms with Crippen molar-refractivity contribution in [3.8, 4) is 11.5 Å². The first-order chi connectivity index (χ1) is 16.7. The third-order valence-electron chi connectivity index (χ3n) is 7.14. The maximum atomic E-state index is 2.39. The van der Waals surface area contributed by atoms with E-state index < -0.39 is 0 Å². The van der Waals surface area contributed by atoms with Crippen LogP contribution in [0, 0.1) is 6.92 Å². The van der Waals surface area contributed by atoms with Crippen LogP contribution in [0.2, 0.25) is 0 Å². The van der Waals surface area contributed by atoms with Gasteiger partial charge >= 0.3 is 0 Å². The summed E-state index contributed by atoms with van der Waals surface area (Å²) in [6, 6.07) is 35.0. The summed E-state index contributed by atoms with van der Waals surface area (Å²) in [5, 5.41) is 7.57. The van der Waals surface area contributed by atoms with Gasteiger partial charge in [0, 0.05) is 27.2 Å². The summed E-state index contributed by atoms with van der Waals surface area (Å²) >= 11 is 0. The first-order valence-electron chi connectivity index (χ1n) is 11.7. The Labute approximate surface area is 197 Å². The second-order valence-corrected chi connectivity index (χ2v) is 9.06. The van der Waals surface area contributed by atoms with Crippen LogP contribution in [0.15, 0.2) is 109 Å². The van der Waals surface area contributed by atoms with Crippen molar-refractivity contribution in [1.82, 2.24) is 9.13 Å². The van der Waals surface area contributed by atoms with Crippen LogP contribution in [0.4, 0.5) is 0 Å². The number of rotatable bonds is 2. The molecule has 0 aliphatic carbocycles. The molecule has 0 unspecified atom stereocenters. The summed E-state index contributed by atoms with van der Waals surface area (Å²) in [6.45, 7) is 2.21. The number of pyridine rings is 1. The third kappa shape index (κ3) is 2.61. The number of aromatic nitrogens is 3. The smallest absolute Gasteiger partial charge is 0.294 e. The maximum absolute atomic E-state index is 2.39. The van der Waals surface area contributed by atoms with Crippen LogP contribution in [0.1, 0.15) is 5.69 Å². The lowest BCUT2D eigenvalue weighted by Crippen LogP contribution is -2.33. The molecule has 162 valence electrons. The molecule has 0 atom stereocenters. The van der Waals surface area contributed by atoms with Crippen LogP contribution >= 0.6 is 0 Å². The molecular weight excluding hydrogens is 414 g/mol. The van der Waals surface area contributed by atoms with E-state index in [1.165, 1.54) is 60.5 Å². The van der Waals surface area contributed by atoms with E-state index in [-0.39, 0.29) is 0 Å². The van der Waals surface area contributed by atoms with E-state index in [1.54, 1.807) is 0 Å². The van der Waals surface area contributed by atoms with E-state index in [9.17, 15) is 0 Å². The summed E-state index contributed by atoms with van der Waals surface area (Å²) < 4.78 is 6.95. The predicted octanol–water partition coefficient (Wildman–Crippen LogP) is 7.01. The van der Waals surface area contributed by atoms with Crippen molar-refractivity contribution in [2.24, 2.45) is 7.05 Å². The number of hydrogen-bond donors (Lipinski definition) is 0. The highest BCUT2D eigenvalue weighted by Gasteiger charge is 2.21. The lowest BCUT2D eigenvalue weighted by atomic mass is 10.1. The van der Waals surface area contributed by atoms with Crippen LogP contribution in [0.3, 0.4) is 0 Å². The molecule has 0 N–H and O–H groups in total. The van der Waals surface area contributed by atoms with E-state index in [0.717, 1.165) is 0 Å². The number of nitrogens with zero attached hydrogens (tertiary/aromatic N) is 3. The van der Waals surface area contributed by atoms with Gasteiger partial charge in [0.25, 0.3) is 5.82 Å². The van der Waals surface area contributed by atoms with Gasteiger partial charge in [-0.1, -0.05) is 66.7 Å². The van der Waals surface area contributed by atoms with Crippen LogP contribution in [0.25, 0.3) is 54.9 Å². The molecule has 34 heavy (non-hydrogen) atoms. The predicted molar refractivity (Wildman–Crippen MR) is 141 cm³/mol. The average Bonchev–Trinajstić information content (AvgIpc) is 3.39. The Hall–Kier alpha value is -4.37. The molecule has 4 aromatic carbocycles. The largest absolute Gasteiger partial charge is 0.309 e. The number of para-hydroxylation sites is 2. The molecule has 3 aromatic heterocycles. The number of hydrogen-bond acceptors (Lipinski definition) is 0. The van der Waals surface area contributed by atoms with E-state index in [4.69, 9.17) is 0 Å². The van der Waals surface area contributed by atoms with Crippen molar-refractivity contribution in [2.45, 2.75) is 6.92 Å². The summed E-state index contributed by atoms with van der Waals surface area (Å²) in [5.41, 5.74) is 4.88. The molecule has 0 saturated carbocycles. The molecule has 0 radical (unpaired) electrons. The number of aryl methyl sites for hydroxylation is 2. The van der Waals surface area contributed by atoms with E-state index in [2.05, 4.69) is 137 Å². The standard InChI is InChI=1S/C31H24N3/c1-21-25-10-4-3-9-23(25)20-33(21)31-28-19-24(16-15-22(28)17-18-32(31)2)34-29-13-7-5-11-26(29)27-12-6-8-14-30(27)34/h3-20H,1-2H3/q+1. The fourth-order valence-corrected chi connectivity index (χ4v) is 5.50. The van der Waals surface area contributed by atoms with Crippen LogP contribution in [-0.4, -0.2) is 9.13 Å². The average molecular weight is 439 g/mol. The highest BCUT2D eigenvalue weighted by molar-refractivity contribution is 6.09. The van der Waals surface area contributed by atoms with Gasteiger partial charge in [0.15, 0.2) is 0 Å². The van der Waals surface area contributed by atoms with Gasteiger partial charge in [-0.25, -0.2) is 9.13 Å². The van der Waals surface area contributed by atoms with Crippen LogP contribution < -0.4 is 4.57 Å². The van der Waals surface area contributed by atoms with Gasteiger partial charge < -0.3 is 4.57 Å². The van der Waals surface area contributed by atoms with Crippen LogP contribution in [-0.2, 0) is 7.05 Å². The zero-order chi connectivity index (χ0) is 22.8. The Morgan fingerprint density at radius 2 is 1.26 bits per heavy atom. The Balaban J connectivity index is 1.57. The first-order valence-corrected chi connectivity index (χ1v) is 11.7. The lowest BCUT2D eigenvalue weighted by molar-refractivity contribution is -0.664. The number of benzene rings is 4. The zero-order valence-electron chi connectivity index (χ0n) is 19.2. The highest BCUT2D eigenvalue weighted by Crippen LogP contribution is 2.34. The van der Waals surface area contributed by atoms with Crippen LogP contribution in [0.5, 0.6) is 0 Å². The van der Waals surface area contributed by atoms with Gasteiger partial charge in [-0.05, 0) is 42.6 Å². The molecule has 3 heterocycles. The van der Waals surface area contributed by atoms with Crippen molar-refractivity contribution in [1.29, 1.82) is 0 Å². The molecule has 0 aliphatic heterocycles. The minimum Gasteiger partial charge on any atom is -0.309 e. The Morgan fingerprint density at radius 1 is 0.618 bits per heavy atom.